The van der Waals surface area contributed by atoms with Gasteiger partial charge >= 0.3 is 0 Å². The van der Waals surface area contributed by atoms with Crippen LogP contribution in [-0.2, 0) is 16.1 Å². The van der Waals surface area contributed by atoms with Gasteiger partial charge in [0.15, 0.2) is 0 Å². The van der Waals surface area contributed by atoms with Gasteiger partial charge in [0, 0.05) is 20.1 Å². The Bertz CT molecular complexity index is 513. The number of carbonyl (C=O) groups is 1. The highest BCUT2D eigenvalue weighted by atomic mass is 19.1. The molecule has 26 heavy (non-hydrogen) atoms. The Morgan fingerprint density at radius 3 is 2.58 bits per heavy atom. The summed E-state index contributed by atoms with van der Waals surface area (Å²) in [4.78, 5) is 11.8. The Morgan fingerprint density at radius 1 is 1.15 bits per heavy atom. The minimum absolute atomic E-state index is 0.0122. The number of ether oxygens (including phenoxy) is 1. The summed E-state index contributed by atoms with van der Waals surface area (Å²) in [5.41, 5.74) is 0.900. The third-order valence-corrected chi connectivity index (χ3v) is 4.47. The minimum atomic E-state index is -0.263. The van der Waals surface area contributed by atoms with Crippen molar-refractivity contribution in [3.63, 3.8) is 0 Å². The van der Waals surface area contributed by atoms with Crippen LogP contribution in [0.5, 0.6) is 0 Å². The zero-order chi connectivity index (χ0) is 19.0. The van der Waals surface area contributed by atoms with Crippen LogP contribution in [0.15, 0.2) is 36.4 Å². The van der Waals surface area contributed by atoms with E-state index in [4.69, 9.17) is 4.74 Å². The van der Waals surface area contributed by atoms with Crippen molar-refractivity contribution in [1.29, 1.82) is 0 Å². The molecule has 0 fully saturated rings. The molecule has 0 aliphatic rings. The van der Waals surface area contributed by atoms with Crippen LogP contribution in [0.4, 0.5) is 4.39 Å². The summed E-state index contributed by atoms with van der Waals surface area (Å²) in [6.45, 7) is 2.67. The van der Waals surface area contributed by atoms with Gasteiger partial charge in [0.25, 0.3) is 0 Å². The molecule has 0 heterocycles. The fraction of sp³-hybridized carbons (Fsp3) is 0.591. The first-order valence-electron chi connectivity index (χ1n) is 9.84. The molecule has 0 unspecified atom stereocenters. The third-order valence-electron chi connectivity index (χ3n) is 4.47. The smallest absolute Gasteiger partial charge is 0.220 e. The van der Waals surface area contributed by atoms with E-state index >= 15 is 0 Å². The summed E-state index contributed by atoms with van der Waals surface area (Å²) in [5.74, 6) is -0.251. The lowest BCUT2D eigenvalue weighted by molar-refractivity contribution is -0.121. The number of carbonyl (C=O) groups excluding carboxylic acids is 1. The normalized spacial score (nSPS) is 12.4. The van der Waals surface area contributed by atoms with Gasteiger partial charge in [-0.2, -0.15) is 0 Å². The molecule has 0 radical (unpaired) electrons. The summed E-state index contributed by atoms with van der Waals surface area (Å²) >= 11 is 0. The summed E-state index contributed by atoms with van der Waals surface area (Å²) < 4.78 is 18.3. The molecule has 0 aliphatic heterocycles. The zero-order valence-corrected chi connectivity index (χ0v) is 16.3. The van der Waals surface area contributed by atoms with Crippen molar-refractivity contribution in [2.75, 3.05) is 7.11 Å². The molecule has 0 saturated heterocycles. The first kappa shape index (κ1) is 22.4. The molecule has 1 N–H and O–H groups in total. The van der Waals surface area contributed by atoms with Gasteiger partial charge in [0.05, 0.1) is 6.10 Å². The number of nitrogens with one attached hydrogen (secondary N) is 1. The van der Waals surface area contributed by atoms with Gasteiger partial charge in [-0.15, -0.1) is 0 Å². The Morgan fingerprint density at radius 2 is 1.88 bits per heavy atom. The van der Waals surface area contributed by atoms with Crippen molar-refractivity contribution < 1.29 is 13.9 Å². The summed E-state index contributed by atoms with van der Waals surface area (Å²) in [6.07, 6.45) is 14.1. The van der Waals surface area contributed by atoms with Gasteiger partial charge < -0.3 is 10.1 Å². The molecule has 4 heteroatoms. The van der Waals surface area contributed by atoms with E-state index in [1.807, 2.05) is 0 Å². The number of rotatable bonds is 14. The van der Waals surface area contributed by atoms with E-state index in [0.29, 0.717) is 13.0 Å². The highest BCUT2D eigenvalue weighted by Gasteiger charge is 2.05. The molecule has 1 aromatic carbocycles. The second-order valence-electron chi connectivity index (χ2n) is 6.71. The highest BCUT2D eigenvalue weighted by Crippen LogP contribution is 2.12. The Labute approximate surface area is 158 Å². The van der Waals surface area contributed by atoms with E-state index in [0.717, 1.165) is 24.8 Å². The predicted molar refractivity (Wildman–Crippen MR) is 105 cm³/mol. The van der Waals surface area contributed by atoms with Crippen LogP contribution in [0.2, 0.25) is 0 Å². The molecular weight excluding hydrogens is 329 g/mol. The van der Waals surface area contributed by atoms with Gasteiger partial charge in [0.2, 0.25) is 5.91 Å². The van der Waals surface area contributed by atoms with Crippen molar-refractivity contribution >= 4 is 5.91 Å². The van der Waals surface area contributed by atoms with Crippen molar-refractivity contribution in [2.24, 2.45) is 0 Å². The lowest BCUT2D eigenvalue weighted by atomic mass is 10.1. The Balaban J connectivity index is 2.10. The number of methoxy groups -OCH3 is 1. The molecule has 1 atom stereocenters. The average Bonchev–Trinajstić information content (AvgIpc) is 2.65. The molecular formula is C22H34FNO2. The molecule has 3 nitrogen and oxygen atoms in total. The largest absolute Gasteiger partial charge is 0.381 e. The number of hydrogen-bond acceptors (Lipinski definition) is 2. The fourth-order valence-electron chi connectivity index (χ4n) is 2.78. The van der Waals surface area contributed by atoms with Crippen molar-refractivity contribution in [3.05, 3.63) is 47.8 Å². The third kappa shape index (κ3) is 11.0. The van der Waals surface area contributed by atoms with E-state index in [2.05, 4.69) is 24.4 Å². The van der Waals surface area contributed by atoms with Crippen LogP contribution in [-0.4, -0.2) is 19.1 Å². The Kier molecular flexibility index (Phi) is 12.5. The zero-order valence-electron chi connectivity index (χ0n) is 16.3. The maximum Gasteiger partial charge on any atom is 0.220 e. The lowest BCUT2D eigenvalue weighted by Crippen LogP contribution is -2.22. The van der Waals surface area contributed by atoms with Crippen LogP contribution >= 0.6 is 0 Å². The Hall–Kier alpha value is -1.68. The summed E-state index contributed by atoms with van der Waals surface area (Å²) in [7, 11) is 1.77. The first-order valence-corrected chi connectivity index (χ1v) is 9.84. The molecule has 146 valence electrons. The maximum absolute atomic E-state index is 12.8. The average molecular weight is 364 g/mol. The second kappa shape index (κ2) is 14.5. The number of halogens is 1. The number of unbranched alkanes of at least 4 members (excludes halogenated alkanes) is 4. The minimum Gasteiger partial charge on any atom is -0.381 e. The topological polar surface area (TPSA) is 38.3 Å². The number of amides is 1. The van der Waals surface area contributed by atoms with E-state index in [1.54, 1.807) is 19.2 Å². The molecule has 1 amide bonds. The first-order chi connectivity index (χ1) is 12.7. The van der Waals surface area contributed by atoms with Gasteiger partial charge in [0.1, 0.15) is 5.82 Å². The van der Waals surface area contributed by atoms with Gasteiger partial charge in [-0.1, -0.05) is 63.3 Å². The van der Waals surface area contributed by atoms with Gasteiger partial charge in [-0.05, 0) is 37.0 Å². The SMILES string of the molecule is CCCCCCC[C@@H](C/C=C/CCC(=O)NCc1ccc(F)cc1)OC. The molecule has 0 bridgehead atoms. The molecule has 1 rings (SSSR count). The van der Waals surface area contributed by atoms with Crippen LogP contribution in [0.1, 0.15) is 70.3 Å². The van der Waals surface area contributed by atoms with Crippen LogP contribution < -0.4 is 5.32 Å². The summed E-state index contributed by atoms with van der Waals surface area (Å²) in [6, 6.07) is 6.17. The van der Waals surface area contributed by atoms with Crippen molar-refractivity contribution in [3.8, 4) is 0 Å². The maximum atomic E-state index is 12.8. The van der Waals surface area contributed by atoms with Gasteiger partial charge in [-0.25, -0.2) is 4.39 Å². The lowest BCUT2D eigenvalue weighted by Gasteiger charge is -2.12. The highest BCUT2D eigenvalue weighted by molar-refractivity contribution is 5.75. The van der Waals surface area contributed by atoms with E-state index in [1.165, 1.54) is 44.2 Å². The molecule has 0 spiro atoms. The van der Waals surface area contributed by atoms with Crippen molar-refractivity contribution in [1.82, 2.24) is 5.32 Å². The summed E-state index contributed by atoms with van der Waals surface area (Å²) in [5, 5.41) is 2.85. The van der Waals surface area contributed by atoms with E-state index in [9.17, 15) is 9.18 Å². The molecule has 0 aromatic heterocycles. The number of hydrogen-bond donors (Lipinski definition) is 1. The van der Waals surface area contributed by atoms with E-state index < -0.39 is 0 Å². The standard InChI is InChI=1S/C22H34FNO2/c1-3-4-5-6-8-11-21(26-2)12-9-7-10-13-22(25)24-18-19-14-16-20(23)17-15-19/h7,9,14-17,21H,3-6,8,10-13,18H2,1-2H3,(H,24,25)/b9-7+/t21-/m0/s1. The number of benzene rings is 1. The molecule has 0 aliphatic carbocycles. The predicted octanol–water partition coefficient (Wildman–Crippen LogP) is 5.54. The van der Waals surface area contributed by atoms with Crippen molar-refractivity contribution in [2.45, 2.75) is 77.4 Å². The van der Waals surface area contributed by atoms with E-state index in [-0.39, 0.29) is 17.8 Å². The fourth-order valence-corrected chi connectivity index (χ4v) is 2.78. The molecule has 1 aromatic rings. The monoisotopic (exact) mass is 363 g/mol. The van der Waals surface area contributed by atoms with Crippen LogP contribution in [0, 0.1) is 5.82 Å². The van der Waals surface area contributed by atoms with Crippen LogP contribution in [0.3, 0.4) is 0 Å². The second-order valence-corrected chi connectivity index (χ2v) is 6.71. The van der Waals surface area contributed by atoms with Gasteiger partial charge in [-0.3, -0.25) is 4.79 Å². The molecule has 0 saturated carbocycles. The van der Waals surface area contributed by atoms with Crippen LogP contribution in [0.25, 0.3) is 0 Å². The number of allylic oxidation sites excluding steroid dienone is 1. The quantitative estimate of drug-likeness (QED) is 0.348.